The number of amides is 3. The number of carbonyl (C=O) groups is 3. The molecule has 0 aliphatic heterocycles. The van der Waals surface area contributed by atoms with Gasteiger partial charge >= 0.3 is 0 Å². The van der Waals surface area contributed by atoms with Gasteiger partial charge in [0.15, 0.2) is 9.84 Å². The lowest BCUT2D eigenvalue weighted by Crippen LogP contribution is -2.54. The molecule has 0 saturated heterocycles. The summed E-state index contributed by atoms with van der Waals surface area (Å²) in [4.78, 5) is 44.9. The second kappa shape index (κ2) is 19.7. The molecule has 2 rings (SSSR count). The molecule has 0 saturated carbocycles. The van der Waals surface area contributed by atoms with Crippen LogP contribution >= 0.6 is 0 Å². The Labute approximate surface area is 282 Å². The average molecular weight is 675 g/mol. The summed E-state index contributed by atoms with van der Waals surface area (Å²) in [6.45, 7) is 14.0. The summed E-state index contributed by atoms with van der Waals surface area (Å²) < 4.78 is 25.6. The summed E-state index contributed by atoms with van der Waals surface area (Å²) in [5.41, 5.74) is 1.46. The first-order valence-electron chi connectivity index (χ1n) is 17.3. The Morgan fingerprint density at radius 3 is 2.19 bits per heavy atom. The van der Waals surface area contributed by atoms with Gasteiger partial charge < -0.3 is 21.1 Å². The minimum absolute atomic E-state index is 0.104. The minimum Gasteiger partial charge on any atom is -0.391 e. The number of unbranched alkanes of at least 4 members (excludes halogenated alkanes) is 1. The van der Waals surface area contributed by atoms with Gasteiger partial charge in [0.2, 0.25) is 17.7 Å². The van der Waals surface area contributed by atoms with Gasteiger partial charge in [-0.05, 0) is 55.6 Å². The van der Waals surface area contributed by atoms with Crippen molar-refractivity contribution in [3.8, 4) is 0 Å². The van der Waals surface area contributed by atoms with E-state index in [0.717, 1.165) is 17.4 Å². The van der Waals surface area contributed by atoms with E-state index in [9.17, 15) is 27.9 Å². The summed E-state index contributed by atoms with van der Waals surface area (Å²) in [5.74, 6) is -2.41. The predicted molar refractivity (Wildman–Crippen MR) is 188 cm³/mol. The van der Waals surface area contributed by atoms with Crippen molar-refractivity contribution in [3.05, 3.63) is 42.1 Å². The van der Waals surface area contributed by atoms with Gasteiger partial charge in [0.05, 0.1) is 29.3 Å². The molecule has 0 fully saturated rings. The van der Waals surface area contributed by atoms with Crippen LogP contribution in [0, 0.1) is 23.7 Å². The number of nitrogens with zero attached hydrogens (tertiary/aromatic N) is 1. The van der Waals surface area contributed by atoms with Crippen molar-refractivity contribution in [1.82, 2.24) is 20.9 Å². The van der Waals surface area contributed by atoms with Crippen LogP contribution < -0.4 is 16.0 Å². The molecule has 0 spiro atoms. The molecular weight excluding hydrogens is 616 g/mol. The van der Waals surface area contributed by atoms with E-state index >= 15 is 0 Å². The molecule has 1 aromatic heterocycles. The summed E-state index contributed by atoms with van der Waals surface area (Å²) >= 11 is 0. The van der Waals surface area contributed by atoms with Crippen molar-refractivity contribution in [1.29, 1.82) is 0 Å². The molecule has 0 radical (unpaired) electrons. The molecule has 2 aromatic rings. The third kappa shape index (κ3) is 13.5. The number of carbonyl (C=O) groups excluding carboxylic acids is 3. The highest BCUT2D eigenvalue weighted by molar-refractivity contribution is 7.91. The second-order valence-electron chi connectivity index (χ2n) is 13.6. The van der Waals surface area contributed by atoms with Gasteiger partial charge in [-0.1, -0.05) is 85.6 Å². The van der Waals surface area contributed by atoms with E-state index in [1.54, 1.807) is 13.1 Å². The van der Waals surface area contributed by atoms with E-state index in [0.29, 0.717) is 43.7 Å². The van der Waals surface area contributed by atoms with Crippen LogP contribution in [0.5, 0.6) is 0 Å². The lowest BCUT2D eigenvalue weighted by molar-refractivity contribution is -0.132. The van der Waals surface area contributed by atoms with Crippen LogP contribution in [0.15, 0.2) is 36.5 Å². The van der Waals surface area contributed by atoms with Gasteiger partial charge in [-0.2, -0.15) is 0 Å². The number of hydrogen-bond acceptors (Lipinski definition) is 7. The SMILES string of the molecule is CCCC[C@H](NC(=O)[C@H](Cc1cccc2cccnc12)CS(=O)(=O)CC)C(=O)N[C@@H](CC(C)C)[C@@H](O)CC(CC)C(=O)NCC(C)C. The van der Waals surface area contributed by atoms with Crippen LogP contribution in [0.25, 0.3) is 10.9 Å². The molecule has 0 bridgehead atoms. The molecule has 10 nitrogen and oxygen atoms in total. The smallest absolute Gasteiger partial charge is 0.242 e. The van der Waals surface area contributed by atoms with E-state index in [1.807, 2.05) is 71.9 Å². The van der Waals surface area contributed by atoms with E-state index in [4.69, 9.17) is 0 Å². The molecule has 47 heavy (non-hydrogen) atoms. The Morgan fingerprint density at radius 2 is 1.57 bits per heavy atom. The zero-order chi connectivity index (χ0) is 35.1. The number of fused-ring (bicyclic) bond motifs is 1. The molecular formula is C36H58N4O6S. The van der Waals surface area contributed by atoms with Gasteiger partial charge in [-0.15, -0.1) is 0 Å². The number of hydrogen-bond donors (Lipinski definition) is 4. The summed E-state index contributed by atoms with van der Waals surface area (Å²) in [5, 5.41) is 21.0. The van der Waals surface area contributed by atoms with Gasteiger partial charge in [-0.25, -0.2) is 8.42 Å². The van der Waals surface area contributed by atoms with Crippen LogP contribution in [-0.2, 0) is 30.6 Å². The highest BCUT2D eigenvalue weighted by atomic mass is 32.2. The van der Waals surface area contributed by atoms with E-state index in [-0.39, 0.29) is 36.2 Å². The Balaban J connectivity index is 2.30. The maximum absolute atomic E-state index is 13.9. The molecule has 0 aliphatic rings. The summed E-state index contributed by atoms with van der Waals surface area (Å²) in [6.07, 6.45) is 3.87. The number of aliphatic hydroxyl groups excluding tert-OH is 1. The quantitative estimate of drug-likeness (QED) is 0.151. The van der Waals surface area contributed by atoms with Gasteiger partial charge in [0.25, 0.3) is 0 Å². The maximum Gasteiger partial charge on any atom is 0.242 e. The largest absolute Gasteiger partial charge is 0.391 e. The van der Waals surface area contributed by atoms with E-state index in [1.165, 1.54) is 0 Å². The first-order valence-corrected chi connectivity index (χ1v) is 19.1. The Kier molecular flexibility index (Phi) is 16.8. The molecule has 1 heterocycles. The molecule has 1 aromatic carbocycles. The highest BCUT2D eigenvalue weighted by Crippen LogP contribution is 2.22. The van der Waals surface area contributed by atoms with Crippen molar-refractivity contribution in [2.24, 2.45) is 23.7 Å². The molecule has 1 unspecified atom stereocenters. The summed E-state index contributed by atoms with van der Waals surface area (Å²) in [7, 11) is -3.53. The number of aliphatic hydroxyl groups is 1. The van der Waals surface area contributed by atoms with E-state index in [2.05, 4.69) is 20.9 Å². The van der Waals surface area contributed by atoms with E-state index < -0.39 is 51.7 Å². The molecule has 3 amide bonds. The van der Waals surface area contributed by atoms with Gasteiger partial charge in [-0.3, -0.25) is 19.4 Å². The highest BCUT2D eigenvalue weighted by Gasteiger charge is 2.33. The fourth-order valence-electron chi connectivity index (χ4n) is 5.68. The summed E-state index contributed by atoms with van der Waals surface area (Å²) in [6, 6.07) is 7.81. The first-order chi connectivity index (χ1) is 22.2. The fraction of sp³-hybridized carbons (Fsp3) is 0.667. The number of rotatable bonds is 21. The monoisotopic (exact) mass is 674 g/mol. The molecule has 5 atom stereocenters. The number of aromatic nitrogens is 1. The third-order valence-corrected chi connectivity index (χ3v) is 10.3. The molecule has 264 valence electrons. The minimum atomic E-state index is -3.53. The number of nitrogens with one attached hydrogen (secondary N) is 3. The number of benzene rings is 1. The Morgan fingerprint density at radius 1 is 0.872 bits per heavy atom. The normalized spacial score (nSPS) is 15.2. The molecule has 11 heteroatoms. The van der Waals surface area contributed by atoms with Crippen LogP contribution in [-0.4, -0.2) is 72.5 Å². The van der Waals surface area contributed by atoms with Crippen LogP contribution in [0.1, 0.15) is 92.6 Å². The Hall–Kier alpha value is -3.05. The first kappa shape index (κ1) is 40.1. The predicted octanol–water partition coefficient (Wildman–Crippen LogP) is 4.58. The fourth-order valence-corrected chi connectivity index (χ4v) is 6.80. The second-order valence-corrected chi connectivity index (χ2v) is 16.0. The number of pyridine rings is 1. The van der Waals surface area contributed by atoms with Gasteiger partial charge in [0, 0.05) is 29.8 Å². The van der Waals surface area contributed by atoms with Crippen molar-refractivity contribution >= 4 is 38.5 Å². The zero-order valence-electron chi connectivity index (χ0n) is 29.4. The van der Waals surface area contributed by atoms with Gasteiger partial charge in [0.1, 0.15) is 6.04 Å². The maximum atomic E-state index is 13.9. The molecule has 4 N–H and O–H groups in total. The lowest BCUT2D eigenvalue weighted by atomic mass is 9.90. The van der Waals surface area contributed by atoms with Crippen LogP contribution in [0.3, 0.4) is 0 Å². The van der Waals surface area contributed by atoms with Crippen LogP contribution in [0.2, 0.25) is 0 Å². The van der Waals surface area contributed by atoms with Crippen LogP contribution in [0.4, 0.5) is 0 Å². The zero-order valence-corrected chi connectivity index (χ0v) is 30.2. The topological polar surface area (TPSA) is 155 Å². The molecule has 0 aliphatic carbocycles. The van der Waals surface area contributed by atoms with Crippen molar-refractivity contribution in [2.75, 3.05) is 18.1 Å². The van der Waals surface area contributed by atoms with Crippen molar-refractivity contribution in [2.45, 2.75) is 112 Å². The van der Waals surface area contributed by atoms with Crippen molar-refractivity contribution < 1.29 is 27.9 Å². The Bertz CT molecular complexity index is 1390. The van der Waals surface area contributed by atoms with Crippen molar-refractivity contribution in [3.63, 3.8) is 0 Å². The lowest BCUT2D eigenvalue weighted by Gasteiger charge is -2.30. The third-order valence-electron chi connectivity index (χ3n) is 8.52. The standard InChI is InChI=1S/C36H58N4O6S/c1-8-11-17-30(36(44)40-31(19-24(4)5)32(41)21-26(9-2)34(42)38-22-25(6)7)39-35(43)29(23-47(45,46)10-3)20-28-15-12-14-27-16-13-18-37-33(27)28/h12-16,18,24-26,29-32,41H,8-11,17,19-23H2,1-7H3,(H,38,42)(H,39,43)(H,40,44)/t26?,29-,30+,31+,32+/m1/s1. The number of sulfone groups is 1. The average Bonchev–Trinajstić information content (AvgIpc) is 3.03. The number of para-hydroxylation sites is 1.